The molecule has 102 valence electrons. The van der Waals surface area contributed by atoms with E-state index in [1.165, 1.54) is 0 Å². The Morgan fingerprint density at radius 2 is 1.65 bits per heavy atom. The molecule has 0 saturated carbocycles. The second kappa shape index (κ2) is 5.47. The van der Waals surface area contributed by atoms with E-state index in [1.54, 1.807) is 6.92 Å². The third kappa shape index (κ3) is 2.32. The summed E-state index contributed by atoms with van der Waals surface area (Å²) in [6.07, 6.45) is 0. The van der Waals surface area contributed by atoms with Crippen LogP contribution < -0.4 is 5.06 Å². The zero-order valence-electron chi connectivity index (χ0n) is 11.4. The van der Waals surface area contributed by atoms with Crippen LogP contribution >= 0.6 is 0 Å². The maximum absolute atomic E-state index is 11.9. The highest BCUT2D eigenvalue weighted by Gasteiger charge is 2.39. The lowest BCUT2D eigenvalue weighted by Gasteiger charge is -2.26. The first-order chi connectivity index (χ1) is 9.77. The molecule has 0 bridgehead atoms. The van der Waals surface area contributed by atoms with Crippen LogP contribution in [0.1, 0.15) is 18.5 Å². The van der Waals surface area contributed by atoms with Crippen LogP contribution in [0.4, 0.5) is 5.69 Å². The van der Waals surface area contributed by atoms with Crippen molar-refractivity contribution >= 4 is 11.5 Å². The number of rotatable bonds is 3. The number of carbonyl (C=O) groups excluding carboxylic acids is 1. The minimum absolute atomic E-state index is 0.0592. The molecule has 0 amide bonds. The van der Waals surface area contributed by atoms with Gasteiger partial charge in [-0.05, 0) is 24.6 Å². The van der Waals surface area contributed by atoms with E-state index >= 15 is 0 Å². The average Bonchev–Trinajstić information content (AvgIpc) is 2.94. The largest absolute Gasteiger partial charge is 0.300 e. The molecule has 1 heterocycles. The number of Topliss-reactive ketones (excluding diaryl/α,β-unsaturated/α-hetero) is 1. The molecule has 0 unspecified atom stereocenters. The molecule has 2 aromatic rings. The number of ketones is 1. The maximum Gasteiger partial charge on any atom is 0.137 e. The minimum atomic E-state index is -0.127. The predicted octanol–water partition coefficient (Wildman–Crippen LogP) is 3.38. The molecule has 2 atom stereocenters. The number of hydroxylamine groups is 1. The lowest BCUT2D eigenvalue weighted by Crippen LogP contribution is -2.27. The van der Waals surface area contributed by atoms with Crippen molar-refractivity contribution in [3.63, 3.8) is 0 Å². The summed E-state index contributed by atoms with van der Waals surface area (Å²) in [6, 6.07) is 19.9. The monoisotopic (exact) mass is 267 g/mol. The molecular formula is C17H17NO2. The van der Waals surface area contributed by atoms with Gasteiger partial charge in [-0.2, -0.15) is 0 Å². The van der Waals surface area contributed by atoms with E-state index in [1.807, 2.05) is 65.7 Å². The van der Waals surface area contributed by atoms with E-state index < -0.39 is 0 Å². The molecule has 1 aliphatic rings. The van der Waals surface area contributed by atoms with Crippen molar-refractivity contribution in [3.05, 3.63) is 66.2 Å². The molecule has 2 aromatic carbocycles. The highest BCUT2D eigenvalue weighted by molar-refractivity contribution is 5.80. The summed E-state index contributed by atoms with van der Waals surface area (Å²) in [5.41, 5.74) is 2.08. The van der Waals surface area contributed by atoms with Crippen molar-refractivity contribution in [1.29, 1.82) is 0 Å². The summed E-state index contributed by atoms with van der Waals surface area (Å²) in [7, 11) is 0. The Morgan fingerprint density at radius 1 is 1.05 bits per heavy atom. The van der Waals surface area contributed by atoms with E-state index in [2.05, 4.69) is 0 Å². The highest BCUT2D eigenvalue weighted by atomic mass is 16.7. The Bertz CT molecular complexity index is 582. The van der Waals surface area contributed by atoms with Crippen LogP contribution in [0.2, 0.25) is 0 Å². The topological polar surface area (TPSA) is 29.5 Å². The number of anilines is 1. The standard InChI is InChI=1S/C17H17NO2/c1-13(19)16-12-20-18(15-10-6-3-7-11-15)17(16)14-8-4-2-5-9-14/h2-11,16-17H,12H2,1H3/t16-,17-/m1/s1. The van der Waals surface area contributed by atoms with Gasteiger partial charge in [0.25, 0.3) is 0 Å². The van der Waals surface area contributed by atoms with Crippen molar-refractivity contribution in [3.8, 4) is 0 Å². The molecule has 3 nitrogen and oxygen atoms in total. The first-order valence-corrected chi connectivity index (χ1v) is 6.80. The van der Waals surface area contributed by atoms with Gasteiger partial charge < -0.3 is 0 Å². The van der Waals surface area contributed by atoms with Crippen LogP contribution in [-0.2, 0) is 9.63 Å². The van der Waals surface area contributed by atoms with Crippen molar-refractivity contribution in [2.45, 2.75) is 13.0 Å². The molecule has 0 aromatic heterocycles. The second-order valence-corrected chi connectivity index (χ2v) is 5.03. The summed E-state index contributed by atoms with van der Waals surface area (Å²) in [4.78, 5) is 17.7. The van der Waals surface area contributed by atoms with Gasteiger partial charge in [-0.3, -0.25) is 9.63 Å². The van der Waals surface area contributed by atoms with Gasteiger partial charge in [0, 0.05) is 0 Å². The first-order valence-electron chi connectivity index (χ1n) is 6.80. The van der Waals surface area contributed by atoms with Crippen molar-refractivity contribution in [2.24, 2.45) is 5.92 Å². The second-order valence-electron chi connectivity index (χ2n) is 5.03. The van der Waals surface area contributed by atoms with Gasteiger partial charge in [-0.15, -0.1) is 0 Å². The van der Waals surface area contributed by atoms with E-state index in [0.29, 0.717) is 6.61 Å². The average molecular weight is 267 g/mol. The van der Waals surface area contributed by atoms with E-state index in [0.717, 1.165) is 11.3 Å². The fourth-order valence-corrected chi connectivity index (χ4v) is 2.66. The van der Waals surface area contributed by atoms with Gasteiger partial charge in [0.1, 0.15) is 5.78 Å². The van der Waals surface area contributed by atoms with Gasteiger partial charge in [-0.1, -0.05) is 48.5 Å². The summed E-state index contributed by atoms with van der Waals surface area (Å²) in [6.45, 7) is 2.07. The molecule has 1 saturated heterocycles. The van der Waals surface area contributed by atoms with Gasteiger partial charge in [-0.25, -0.2) is 5.06 Å². The first kappa shape index (κ1) is 12.9. The van der Waals surface area contributed by atoms with Gasteiger partial charge in [0.05, 0.1) is 24.3 Å². The Morgan fingerprint density at radius 3 is 2.25 bits per heavy atom. The fourth-order valence-electron chi connectivity index (χ4n) is 2.66. The smallest absolute Gasteiger partial charge is 0.137 e. The molecule has 1 aliphatic heterocycles. The number of hydrogen-bond acceptors (Lipinski definition) is 3. The van der Waals surface area contributed by atoms with Crippen LogP contribution in [0.5, 0.6) is 0 Å². The van der Waals surface area contributed by atoms with Crippen molar-refractivity contribution in [1.82, 2.24) is 0 Å². The van der Waals surface area contributed by atoms with E-state index in [-0.39, 0.29) is 17.7 Å². The van der Waals surface area contributed by atoms with Crippen LogP contribution in [0.25, 0.3) is 0 Å². The van der Waals surface area contributed by atoms with Crippen LogP contribution in [0.3, 0.4) is 0 Å². The molecule has 3 rings (SSSR count). The van der Waals surface area contributed by atoms with Gasteiger partial charge >= 0.3 is 0 Å². The normalized spacial score (nSPS) is 21.9. The van der Waals surface area contributed by atoms with Crippen molar-refractivity contribution in [2.75, 3.05) is 11.7 Å². The third-order valence-corrected chi connectivity index (χ3v) is 3.70. The lowest BCUT2D eigenvalue weighted by atomic mass is 9.91. The van der Waals surface area contributed by atoms with Crippen molar-refractivity contribution < 1.29 is 9.63 Å². The Kier molecular flexibility index (Phi) is 3.52. The number of para-hydroxylation sites is 1. The predicted molar refractivity (Wildman–Crippen MR) is 78.2 cm³/mol. The summed E-state index contributed by atoms with van der Waals surface area (Å²) in [5, 5.41) is 1.86. The maximum atomic E-state index is 11.9. The number of hydrogen-bond donors (Lipinski definition) is 0. The van der Waals surface area contributed by atoms with Crippen LogP contribution in [0, 0.1) is 5.92 Å². The summed E-state index contributed by atoms with van der Waals surface area (Å²) < 4.78 is 0. The number of nitrogens with zero attached hydrogens (tertiary/aromatic N) is 1. The lowest BCUT2D eigenvalue weighted by molar-refractivity contribution is -0.121. The van der Waals surface area contributed by atoms with Gasteiger partial charge in [0.2, 0.25) is 0 Å². The minimum Gasteiger partial charge on any atom is -0.300 e. The Hall–Kier alpha value is -2.13. The molecule has 0 spiro atoms. The molecule has 1 fully saturated rings. The zero-order chi connectivity index (χ0) is 13.9. The Balaban J connectivity index is 2.00. The SMILES string of the molecule is CC(=O)[C@H]1CON(c2ccccc2)[C@@H]1c1ccccc1. The van der Waals surface area contributed by atoms with E-state index in [4.69, 9.17) is 4.84 Å². The van der Waals surface area contributed by atoms with Gasteiger partial charge in [0.15, 0.2) is 0 Å². The number of benzene rings is 2. The number of carbonyl (C=O) groups is 1. The molecule has 20 heavy (non-hydrogen) atoms. The fraction of sp³-hybridized carbons (Fsp3) is 0.235. The van der Waals surface area contributed by atoms with Crippen LogP contribution in [-0.4, -0.2) is 12.4 Å². The Labute approximate surface area is 118 Å². The summed E-state index contributed by atoms with van der Waals surface area (Å²) >= 11 is 0. The molecule has 3 heteroatoms. The molecule has 0 N–H and O–H groups in total. The highest BCUT2D eigenvalue weighted by Crippen LogP contribution is 2.38. The third-order valence-electron chi connectivity index (χ3n) is 3.70. The molecule has 0 aliphatic carbocycles. The molecular weight excluding hydrogens is 250 g/mol. The molecule has 0 radical (unpaired) electrons. The van der Waals surface area contributed by atoms with Crippen LogP contribution in [0.15, 0.2) is 60.7 Å². The quantitative estimate of drug-likeness (QED) is 0.853. The van der Waals surface area contributed by atoms with E-state index in [9.17, 15) is 4.79 Å². The summed E-state index contributed by atoms with van der Waals surface area (Å²) in [5.74, 6) is 0.0369. The zero-order valence-corrected chi connectivity index (χ0v) is 11.4.